The third kappa shape index (κ3) is 4.70. The molecule has 0 radical (unpaired) electrons. The summed E-state index contributed by atoms with van der Waals surface area (Å²) in [6, 6.07) is 10.8. The zero-order valence-electron chi connectivity index (χ0n) is 18.7. The Hall–Kier alpha value is -4.34. The maximum absolute atomic E-state index is 12.4. The predicted octanol–water partition coefficient (Wildman–Crippen LogP) is 3.52. The number of nitrogens with zero attached hydrogens (tertiary/aromatic N) is 4. The Balaban J connectivity index is 1.18. The quantitative estimate of drug-likeness (QED) is 0.422. The molecule has 0 spiro atoms. The van der Waals surface area contributed by atoms with Crippen molar-refractivity contribution in [1.82, 2.24) is 20.7 Å². The maximum Gasteiger partial charge on any atom is 0.326 e. The first-order valence-electron chi connectivity index (χ1n) is 10.9. The van der Waals surface area contributed by atoms with Crippen LogP contribution in [0.2, 0.25) is 0 Å². The smallest absolute Gasteiger partial charge is 0.326 e. The van der Waals surface area contributed by atoms with Gasteiger partial charge in [0, 0.05) is 23.0 Å². The number of hydrogen-bond donors (Lipinski definition) is 2. The van der Waals surface area contributed by atoms with Gasteiger partial charge in [0.15, 0.2) is 5.27 Å². The number of carbonyl (C=O) groups is 2. The summed E-state index contributed by atoms with van der Waals surface area (Å²) in [6.07, 6.45) is 5.49. The molecular formula is C24H23N6O4+. The van der Waals surface area contributed by atoms with Gasteiger partial charge in [0.2, 0.25) is 6.54 Å². The number of hydrogen-bond acceptors (Lipinski definition) is 7. The van der Waals surface area contributed by atoms with Crippen molar-refractivity contribution in [3.8, 4) is 11.1 Å². The summed E-state index contributed by atoms with van der Waals surface area (Å²) in [4.78, 5) is 29.1. The van der Waals surface area contributed by atoms with Crippen LogP contribution in [0.15, 0.2) is 57.8 Å². The Labute approximate surface area is 194 Å². The number of aromatic nitrogens is 4. The molecule has 1 aromatic carbocycles. The number of nitrogens with one attached hydrogen (secondary N) is 2. The molecule has 3 aromatic heterocycles. The summed E-state index contributed by atoms with van der Waals surface area (Å²) in [5, 5.41) is 12.7. The summed E-state index contributed by atoms with van der Waals surface area (Å²) in [5.41, 5.74) is 5.16. The van der Waals surface area contributed by atoms with Crippen LogP contribution in [-0.2, 0) is 6.54 Å². The first-order valence-corrected chi connectivity index (χ1v) is 10.9. The molecule has 4 aromatic rings. The third-order valence-electron chi connectivity index (χ3n) is 5.63. The average Bonchev–Trinajstić information content (AvgIpc) is 3.48. The van der Waals surface area contributed by atoms with Crippen molar-refractivity contribution < 1.29 is 23.3 Å². The molecule has 1 aliphatic rings. The van der Waals surface area contributed by atoms with E-state index in [2.05, 4.69) is 26.0 Å². The fourth-order valence-electron chi connectivity index (χ4n) is 3.79. The molecular weight excluding hydrogens is 436 g/mol. The molecule has 0 aliphatic heterocycles. The van der Waals surface area contributed by atoms with Crippen LogP contribution in [0.25, 0.3) is 11.1 Å². The topological polar surface area (TPSA) is 127 Å². The highest BCUT2D eigenvalue weighted by Gasteiger charge is 2.24. The van der Waals surface area contributed by atoms with Gasteiger partial charge >= 0.3 is 11.9 Å². The number of pyridine rings is 1. The van der Waals surface area contributed by atoms with Crippen LogP contribution in [0.5, 0.6) is 0 Å². The van der Waals surface area contributed by atoms with Crippen molar-refractivity contribution in [2.45, 2.75) is 39.2 Å². The molecule has 0 atom stereocenters. The average molecular weight is 459 g/mol. The van der Waals surface area contributed by atoms with E-state index in [1.165, 1.54) is 29.3 Å². The number of anilines is 1. The van der Waals surface area contributed by atoms with Crippen molar-refractivity contribution in [2.24, 2.45) is 0 Å². The summed E-state index contributed by atoms with van der Waals surface area (Å²) < 4.78 is 11.7. The second kappa shape index (κ2) is 8.89. The van der Waals surface area contributed by atoms with Gasteiger partial charge in [-0.2, -0.15) is 0 Å². The van der Waals surface area contributed by atoms with Crippen molar-refractivity contribution >= 4 is 17.6 Å². The van der Waals surface area contributed by atoms with Crippen LogP contribution in [0, 0.1) is 13.8 Å². The molecule has 0 saturated heterocycles. The van der Waals surface area contributed by atoms with Crippen LogP contribution in [0.1, 0.15) is 52.0 Å². The Morgan fingerprint density at radius 3 is 2.71 bits per heavy atom. The van der Waals surface area contributed by atoms with Gasteiger partial charge in [-0.25, -0.2) is 4.79 Å². The number of aryl methyl sites for hydroxylation is 2. The first kappa shape index (κ1) is 21.5. The Bertz CT molecular complexity index is 1330. The van der Waals surface area contributed by atoms with Crippen LogP contribution < -0.4 is 15.3 Å². The van der Waals surface area contributed by atoms with Gasteiger partial charge in [0.1, 0.15) is 11.5 Å². The SMILES string of the molecule is Cc1noc(C)c1-c1ccc(C[n+]2cc(C(=O)NC(=O)Nc3cccc(C4CC4)c3)on2)nc1. The van der Waals surface area contributed by atoms with Crippen molar-refractivity contribution in [2.75, 3.05) is 5.32 Å². The van der Waals surface area contributed by atoms with E-state index in [-0.39, 0.29) is 5.76 Å². The van der Waals surface area contributed by atoms with E-state index in [4.69, 9.17) is 9.05 Å². The molecule has 1 saturated carbocycles. The molecule has 172 valence electrons. The Morgan fingerprint density at radius 2 is 2.00 bits per heavy atom. The first-order chi connectivity index (χ1) is 16.5. The molecule has 2 N–H and O–H groups in total. The number of urea groups is 1. The zero-order chi connectivity index (χ0) is 23.7. The molecule has 10 heteroatoms. The predicted molar refractivity (Wildman–Crippen MR) is 120 cm³/mol. The lowest BCUT2D eigenvalue weighted by Gasteiger charge is -2.06. The fourth-order valence-corrected chi connectivity index (χ4v) is 3.79. The van der Waals surface area contributed by atoms with Gasteiger partial charge in [-0.3, -0.25) is 19.6 Å². The lowest BCUT2D eigenvalue weighted by Crippen LogP contribution is -2.37. The van der Waals surface area contributed by atoms with Gasteiger partial charge in [-0.15, -0.1) is 0 Å². The molecule has 34 heavy (non-hydrogen) atoms. The minimum Gasteiger partial charge on any atom is -0.361 e. The number of rotatable bonds is 6. The van der Waals surface area contributed by atoms with Crippen LogP contribution in [-0.4, -0.2) is 27.4 Å². The molecule has 3 amide bonds. The number of amides is 3. The van der Waals surface area contributed by atoms with E-state index in [1.807, 2.05) is 44.2 Å². The van der Waals surface area contributed by atoms with E-state index < -0.39 is 11.9 Å². The Morgan fingerprint density at radius 1 is 1.15 bits per heavy atom. The molecule has 10 nitrogen and oxygen atoms in total. The molecule has 1 aliphatic carbocycles. The second-order valence-electron chi connectivity index (χ2n) is 8.31. The molecule has 0 bridgehead atoms. The number of carbonyl (C=O) groups excluding carboxylic acids is 2. The van der Waals surface area contributed by atoms with E-state index in [9.17, 15) is 9.59 Å². The Kier molecular flexibility index (Phi) is 5.62. The van der Waals surface area contributed by atoms with Gasteiger partial charge in [0.25, 0.3) is 12.0 Å². The van der Waals surface area contributed by atoms with Crippen LogP contribution in [0.4, 0.5) is 10.5 Å². The van der Waals surface area contributed by atoms with Crippen LogP contribution in [0.3, 0.4) is 0 Å². The summed E-state index contributed by atoms with van der Waals surface area (Å²) in [6.45, 7) is 4.02. The third-order valence-corrected chi connectivity index (χ3v) is 5.63. The van der Waals surface area contributed by atoms with Gasteiger partial charge < -0.3 is 9.84 Å². The normalized spacial score (nSPS) is 13.0. The lowest BCUT2D eigenvalue weighted by molar-refractivity contribution is -0.755. The largest absolute Gasteiger partial charge is 0.361 e. The van der Waals surface area contributed by atoms with Gasteiger partial charge in [0.05, 0.1) is 5.69 Å². The molecule has 5 rings (SSSR count). The molecule has 0 unspecified atom stereocenters. The van der Waals surface area contributed by atoms with Crippen LogP contribution >= 0.6 is 0 Å². The minimum atomic E-state index is -0.691. The van der Waals surface area contributed by atoms with E-state index in [0.717, 1.165) is 22.6 Å². The summed E-state index contributed by atoms with van der Waals surface area (Å²) in [5.74, 6) is 0.518. The lowest BCUT2D eigenvalue weighted by atomic mass is 10.1. The fraction of sp³-hybridized carbons (Fsp3) is 0.250. The summed E-state index contributed by atoms with van der Waals surface area (Å²) >= 11 is 0. The van der Waals surface area contributed by atoms with Crippen molar-refractivity contribution in [3.05, 3.63) is 77.3 Å². The monoisotopic (exact) mass is 459 g/mol. The number of imide groups is 1. The molecule has 1 fully saturated rings. The van der Waals surface area contributed by atoms with Crippen molar-refractivity contribution in [1.29, 1.82) is 0 Å². The van der Waals surface area contributed by atoms with E-state index >= 15 is 0 Å². The minimum absolute atomic E-state index is 0.0887. The van der Waals surface area contributed by atoms with Gasteiger partial charge in [-0.05, 0) is 61.1 Å². The van der Waals surface area contributed by atoms with Gasteiger partial charge in [-0.1, -0.05) is 23.4 Å². The summed E-state index contributed by atoms with van der Waals surface area (Å²) in [7, 11) is 0. The van der Waals surface area contributed by atoms with E-state index in [1.54, 1.807) is 12.3 Å². The molecule has 3 heterocycles. The highest BCUT2D eigenvalue weighted by Crippen LogP contribution is 2.40. The van der Waals surface area contributed by atoms with E-state index in [0.29, 0.717) is 23.8 Å². The highest BCUT2D eigenvalue weighted by atomic mass is 16.5. The number of benzene rings is 1. The maximum atomic E-state index is 12.4. The highest BCUT2D eigenvalue weighted by molar-refractivity contribution is 6.06. The standard InChI is InChI=1S/C24H22N6O4/c1-14-22(15(2)33-28-14)18-8-9-20(25-11-18)12-30-13-21(34-29-30)23(31)27-24(32)26-19-5-3-4-17(10-19)16-6-7-16/h3-5,8-11,13,16H,6-7,12H2,1-2H3,(H-,26,27,31,32)/p+1. The zero-order valence-corrected chi connectivity index (χ0v) is 18.7. The van der Waals surface area contributed by atoms with Crippen molar-refractivity contribution in [3.63, 3.8) is 0 Å². The second-order valence-corrected chi connectivity index (χ2v) is 8.31.